The van der Waals surface area contributed by atoms with Gasteiger partial charge in [0.25, 0.3) is 0 Å². The number of nitrogens with zero attached hydrogens (tertiary/aromatic N) is 1. The minimum atomic E-state index is -0.341. The molecule has 0 spiro atoms. The number of amides is 1. The van der Waals surface area contributed by atoms with Gasteiger partial charge in [-0.15, -0.1) is 0 Å². The van der Waals surface area contributed by atoms with E-state index < -0.39 is 0 Å². The van der Waals surface area contributed by atoms with Gasteiger partial charge in [0.1, 0.15) is 0 Å². The highest BCUT2D eigenvalue weighted by Gasteiger charge is 1.97. The number of carbonyl (C=O) groups is 1. The number of hydrogen-bond acceptors (Lipinski definition) is 2. The van der Waals surface area contributed by atoms with Crippen LogP contribution < -0.4 is 11.5 Å². The van der Waals surface area contributed by atoms with Crippen molar-refractivity contribution >= 4 is 11.7 Å². The topological polar surface area (TPSA) is 81.5 Å². The van der Waals surface area contributed by atoms with Gasteiger partial charge < -0.3 is 11.5 Å². The summed E-state index contributed by atoms with van der Waals surface area (Å²) >= 11 is 0. The van der Waals surface area contributed by atoms with Crippen LogP contribution in [0, 0.1) is 0 Å². The van der Waals surface area contributed by atoms with Crippen LogP contribution in [0.15, 0.2) is 4.99 Å². The number of primary amides is 1. The summed E-state index contributed by atoms with van der Waals surface area (Å²) in [5.74, 6) is 0.158. The first kappa shape index (κ1) is 9.94. The highest BCUT2D eigenvalue weighted by atomic mass is 16.1. The number of hydrogen-bond donors (Lipinski definition) is 2. The Balaban J connectivity index is 3.68. The summed E-state index contributed by atoms with van der Waals surface area (Å²) in [6.45, 7) is 3.86. The van der Waals surface area contributed by atoms with Crippen LogP contribution in [0.3, 0.4) is 0 Å². The van der Waals surface area contributed by atoms with Gasteiger partial charge in [-0.2, -0.15) is 0 Å². The molecule has 0 aromatic heterocycles. The monoisotopic (exact) mass is 157 g/mol. The van der Waals surface area contributed by atoms with Gasteiger partial charge in [0.15, 0.2) is 0 Å². The number of carbonyl (C=O) groups excluding carboxylic acids is 1. The maximum absolute atomic E-state index is 10.3. The van der Waals surface area contributed by atoms with Crippen molar-refractivity contribution < 1.29 is 4.79 Å². The average Bonchev–Trinajstić information content (AvgIpc) is 1.82. The molecule has 0 rings (SSSR count). The van der Waals surface area contributed by atoms with Gasteiger partial charge in [-0.1, -0.05) is 0 Å². The van der Waals surface area contributed by atoms with E-state index in [2.05, 4.69) is 4.99 Å². The van der Waals surface area contributed by atoms with Crippen LogP contribution >= 0.6 is 0 Å². The molecule has 0 aliphatic carbocycles. The van der Waals surface area contributed by atoms with E-state index in [0.717, 1.165) is 0 Å². The third kappa shape index (κ3) is 6.83. The van der Waals surface area contributed by atoms with Crippen molar-refractivity contribution in [1.29, 1.82) is 0 Å². The van der Waals surface area contributed by atoms with E-state index in [4.69, 9.17) is 11.5 Å². The largest absolute Gasteiger partial charge is 0.387 e. The summed E-state index contributed by atoms with van der Waals surface area (Å²) in [5.41, 5.74) is 10.4. The van der Waals surface area contributed by atoms with Crippen molar-refractivity contribution in [2.45, 2.75) is 32.7 Å². The van der Waals surface area contributed by atoms with Crippen LogP contribution in [0.1, 0.15) is 26.7 Å². The van der Waals surface area contributed by atoms with Crippen LogP contribution in [0.5, 0.6) is 0 Å². The molecule has 0 aliphatic rings. The van der Waals surface area contributed by atoms with Crippen LogP contribution in [0.25, 0.3) is 0 Å². The predicted octanol–water partition coefficient (Wildman–Crippen LogP) is 0.0175. The van der Waals surface area contributed by atoms with Crippen LogP contribution in [-0.2, 0) is 4.79 Å². The summed E-state index contributed by atoms with van der Waals surface area (Å²) in [7, 11) is 0. The lowest BCUT2D eigenvalue weighted by Gasteiger charge is -2.00. The Morgan fingerprint density at radius 2 is 1.91 bits per heavy atom. The molecule has 4 heteroatoms. The molecule has 0 saturated heterocycles. The zero-order valence-corrected chi connectivity index (χ0v) is 7.00. The molecule has 0 aromatic carbocycles. The minimum Gasteiger partial charge on any atom is -0.387 e. The Bertz CT molecular complexity index is 163. The maximum atomic E-state index is 10.3. The van der Waals surface area contributed by atoms with Crippen LogP contribution in [0.2, 0.25) is 0 Å². The van der Waals surface area contributed by atoms with E-state index in [1.165, 1.54) is 0 Å². The molecule has 0 fully saturated rings. The Hall–Kier alpha value is -1.06. The Kier molecular flexibility index (Phi) is 4.26. The van der Waals surface area contributed by atoms with Gasteiger partial charge in [0.2, 0.25) is 5.91 Å². The van der Waals surface area contributed by atoms with Crippen molar-refractivity contribution in [2.24, 2.45) is 16.5 Å². The third-order valence-electron chi connectivity index (χ3n) is 1.05. The molecule has 0 saturated carbocycles. The zero-order valence-electron chi connectivity index (χ0n) is 7.00. The first-order valence-electron chi connectivity index (χ1n) is 3.63. The molecule has 0 bridgehead atoms. The molecule has 0 atom stereocenters. The zero-order chi connectivity index (χ0) is 8.85. The van der Waals surface area contributed by atoms with E-state index in [9.17, 15) is 4.79 Å². The predicted molar refractivity (Wildman–Crippen MR) is 45.2 cm³/mol. The summed E-state index contributed by atoms with van der Waals surface area (Å²) in [6, 6.07) is 0.183. The van der Waals surface area contributed by atoms with Crippen molar-refractivity contribution in [3.63, 3.8) is 0 Å². The Labute approximate surface area is 66.7 Å². The lowest BCUT2D eigenvalue weighted by Crippen LogP contribution is -2.18. The first-order chi connectivity index (χ1) is 5.02. The number of amidine groups is 1. The minimum absolute atomic E-state index is 0.183. The second-order valence-corrected chi connectivity index (χ2v) is 2.68. The molecule has 0 aliphatic heterocycles. The SMILES string of the molecule is CC(C)N=C(N)CCC(N)=O. The van der Waals surface area contributed by atoms with Crippen molar-refractivity contribution in [2.75, 3.05) is 0 Å². The van der Waals surface area contributed by atoms with Crippen LogP contribution in [-0.4, -0.2) is 17.8 Å². The van der Waals surface area contributed by atoms with Crippen molar-refractivity contribution in [3.8, 4) is 0 Å². The normalized spacial score (nSPS) is 12.1. The molecule has 0 aromatic rings. The number of rotatable bonds is 4. The summed E-state index contributed by atoms with van der Waals surface area (Å²) in [4.78, 5) is 14.3. The summed E-state index contributed by atoms with van der Waals surface area (Å²) in [5, 5.41) is 0. The van der Waals surface area contributed by atoms with Gasteiger partial charge >= 0.3 is 0 Å². The molecule has 4 nitrogen and oxygen atoms in total. The molecule has 0 heterocycles. The fourth-order valence-corrected chi connectivity index (χ4v) is 0.647. The van der Waals surface area contributed by atoms with Gasteiger partial charge in [0, 0.05) is 18.9 Å². The van der Waals surface area contributed by atoms with Crippen molar-refractivity contribution in [1.82, 2.24) is 0 Å². The standard InChI is InChI=1S/C7H15N3O/c1-5(2)10-6(8)3-4-7(9)11/h5H,3-4H2,1-2H3,(H2,8,10)(H2,9,11). The summed E-state index contributed by atoms with van der Waals surface area (Å²) < 4.78 is 0. The highest BCUT2D eigenvalue weighted by Crippen LogP contribution is 1.91. The fraction of sp³-hybridized carbons (Fsp3) is 0.714. The smallest absolute Gasteiger partial charge is 0.217 e. The lowest BCUT2D eigenvalue weighted by atomic mass is 10.3. The highest BCUT2D eigenvalue weighted by molar-refractivity contribution is 5.85. The third-order valence-corrected chi connectivity index (χ3v) is 1.05. The van der Waals surface area contributed by atoms with Gasteiger partial charge in [-0.25, -0.2) is 0 Å². The number of aliphatic imine (C=N–C) groups is 1. The molecular weight excluding hydrogens is 142 g/mol. The Morgan fingerprint density at radius 1 is 1.36 bits per heavy atom. The quantitative estimate of drug-likeness (QED) is 0.445. The lowest BCUT2D eigenvalue weighted by molar-refractivity contribution is -0.117. The van der Waals surface area contributed by atoms with Gasteiger partial charge in [-0.05, 0) is 13.8 Å². The van der Waals surface area contributed by atoms with E-state index in [1.807, 2.05) is 13.8 Å². The second-order valence-electron chi connectivity index (χ2n) is 2.68. The number of nitrogens with two attached hydrogens (primary N) is 2. The fourth-order valence-electron chi connectivity index (χ4n) is 0.647. The van der Waals surface area contributed by atoms with Crippen LogP contribution in [0.4, 0.5) is 0 Å². The molecular formula is C7H15N3O. The van der Waals surface area contributed by atoms with E-state index >= 15 is 0 Å². The average molecular weight is 157 g/mol. The molecule has 64 valence electrons. The van der Waals surface area contributed by atoms with E-state index in [0.29, 0.717) is 12.3 Å². The molecule has 0 radical (unpaired) electrons. The molecule has 1 amide bonds. The second kappa shape index (κ2) is 4.71. The summed E-state index contributed by atoms with van der Waals surface area (Å²) in [6.07, 6.45) is 0.746. The molecule has 0 unspecified atom stereocenters. The van der Waals surface area contributed by atoms with E-state index in [-0.39, 0.29) is 18.4 Å². The maximum Gasteiger partial charge on any atom is 0.217 e. The molecule has 4 N–H and O–H groups in total. The van der Waals surface area contributed by atoms with Gasteiger partial charge in [0.05, 0.1) is 5.84 Å². The van der Waals surface area contributed by atoms with Crippen molar-refractivity contribution in [3.05, 3.63) is 0 Å². The Morgan fingerprint density at radius 3 is 2.27 bits per heavy atom. The first-order valence-corrected chi connectivity index (χ1v) is 3.63. The van der Waals surface area contributed by atoms with Gasteiger partial charge in [-0.3, -0.25) is 9.79 Å². The molecule has 11 heavy (non-hydrogen) atoms. The van der Waals surface area contributed by atoms with E-state index in [1.54, 1.807) is 0 Å².